The van der Waals surface area contributed by atoms with E-state index >= 15 is 0 Å². The van der Waals surface area contributed by atoms with E-state index in [0.717, 1.165) is 11.4 Å². The molecule has 0 amide bonds. The second-order valence-electron chi connectivity index (χ2n) is 5.27. The Hall–Kier alpha value is -2.35. The predicted molar refractivity (Wildman–Crippen MR) is 83.2 cm³/mol. The van der Waals surface area contributed by atoms with Gasteiger partial charge >= 0.3 is 0 Å². The first kappa shape index (κ1) is 12.7. The van der Waals surface area contributed by atoms with Crippen LogP contribution >= 0.6 is 0 Å². The Bertz CT molecular complexity index is 736. The van der Waals surface area contributed by atoms with Gasteiger partial charge in [-0.25, -0.2) is 4.68 Å². The third-order valence-electron chi connectivity index (χ3n) is 3.56. The van der Waals surface area contributed by atoms with Gasteiger partial charge in [-0.1, -0.05) is 42.0 Å². The van der Waals surface area contributed by atoms with Crippen LogP contribution in [0.5, 0.6) is 0 Å². The van der Waals surface area contributed by atoms with Crippen molar-refractivity contribution in [3.05, 3.63) is 71.5 Å². The summed E-state index contributed by atoms with van der Waals surface area (Å²) in [6, 6.07) is 17.2. The fraction of sp³-hybridized carbons (Fsp3) is 0.167. The van der Waals surface area contributed by atoms with Crippen molar-refractivity contribution in [1.82, 2.24) is 9.78 Å². The van der Waals surface area contributed by atoms with E-state index < -0.39 is 0 Å². The molecule has 0 fully saturated rings. The highest BCUT2D eigenvalue weighted by Crippen LogP contribution is 2.24. The minimum Gasteiger partial charge on any atom is -0.240 e. The van der Waals surface area contributed by atoms with Gasteiger partial charge in [-0.2, -0.15) is 5.10 Å². The van der Waals surface area contributed by atoms with E-state index in [-0.39, 0.29) is 0 Å². The standard InChI is InChI=1S/C18H18N2/c1-13-4-7-16(8-5-13)17-9-6-14(2)18(12-17)20-11-10-15(3)19-20/h4-12H,1-3H3. The van der Waals surface area contributed by atoms with E-state index in [1.807, 2.05) is 23.9 Å². The van der Waals surface area contributed by atoms with Crippen LogP contribution in [0.4, 0.5) is 0 Å². The first-order valence-electron chi connectivity index (χ1n) is 6.84. The maximum atomic E-state index is 4.51. The molecule has 0 spiro atoms. The van der Waals surface area contributed by atoms with Gasteiger partial charge in [0.2, 0.25) is 0 Å². The zero-order valence-electron chi connectivity index (χ0n) is 12.1. The Balaban J connectivity index is 2.08. The molecule has 0 radical (unpaired) electrons. The third-order valence-corrected chi connectivity index (χ3v) is 3.56. The highest BCUT2D eigenvalue weighted by Gasteiger charge is 2.05. The molecular formula is C18H18N2. The minimum atomic E-state index is 1.03. The molecule has 1 heterocycles. The summed E-state index contributed by atoms with van der Waals surface area (Å²) in [5.41, 5.74) is 7.13. The number of aromatic nitrogens is 2. The summed E-state index contributed by atoms with van der Waals surface area (Å²) in [4.78, 5) is 0. The fourth-order valence-corrected chi connectivity index (χ4v) is 2.33. The summed E-state index contributed by atoms with van der Waals surface area (Å²) in [6.45, 7) is 6.23. The largest absolute Gasteiger partial charge is 0.240 e. The van der Waals surface area contributed by atoms with Crippen LogP contribution in [0.2, 0.25) is 0 Å². The zero-order valence-corrected chi connectivity index (χ0v) is 12.1. The van der Waals surface area contributed by atoms with Crippen LogP contribution in [0, 0.1) is 20.8 Å². The van der Waals surface area contributed by atoms with Crippen molar-refractivity contribution in [2.45, 2.75) is 20.8 Å². The van der Waals surface area contributed by atoms with Gasteiger partial charge in [-0.3, -0.25) is 0 Å². The molecule has 0 N–H and O–H groups in total. The molecule has 0 saturated heterocycles. The Labute approximate surface area is 119 Å². The van der Waals surface area contributed by atoms with E-state index in [9.17, 15) is 0 Å². The van der Waals surface area contributed by atoms with Crippen LogP contribution in [0.15, 0.2) is 54.7 Å². The summed E-state index contributed by atoms with van der Waals surface area (Å²) in [5.74, 6) is 0. The molecule has 0 saturated carbocycles. The summed E-state index contributed by atoms with van der Waals surface area (Å²) >= 11 is 0. The average Bonchev–Trinajstić information content (AvgIpc) is 2.87. The van der Waals surface area contributed by atoms with Gasteiger partial charge < -0.3 is 0 Å². The SMILES string of the molecule is Cc1ccc(-c2ccc(C)c(-n3ccc(C)n3)c2)cc1. The molecule has 2 nitrogen and oxygen atoms in total. The summed E-state index contributed by atoms with van der Waals surface area (Å²) in [6.07, 6.45) is 2.01. The van der Waals surface area contributed by atoms with Gasteiger partial charge in [-0.15, -0.1) is 0 Å². The highest BCUT2D eigenvalue weighted by atomic mass is 15.3. The van der Waals surface area contributed by atoms with Crippen LogP contribution in [0.3, 0.4) is 0 Å². The summed E-state index contributed by atoms with van der Waals surface area (Å²) in [5, 5.41) is 4.51. The molecule has 0 unspecified atom stereocenters. The fourth-order valence-electron chi connectivity index (χ4n) is 2.33. The van der Waals surface area contributed by atoms with Crippen LogP contribution in [0.25, 0.3) is 16.8 Å². The quantitative estimate of drug-likeness (QED) is 0.666. The highest BCUT2D eigenvalue weighted by molar-refractivity contribution is 5.67. The first-order valence-corrected chi connectivity index (χ1v) is 6.84. The molecule has 100 valence electrons. The van der Waals surface area contributed by atoms with Crippen LogP contribution in [0.1, 0.15) is 16.8 Å². The van der Waals surface area contributed by atoms with Crippen molar-refractivity contribution in [2.75, 3.05) is 0 Å². The molecular weight excluding hydrogens is 244 g/mol. The van der Waals surface area contributed by atoms with Crippen molar-refractivity contribution in [3.63, 3.8) is 0 Å². The molecule has 2 aromatic carbocycles. The minimum absolute atomic E-state index is 1.03. The molecule has 0 aliphatic rings. The molecule has 3 aromatic rings. The maximum absolute atomic E-state index is 4.51. The summed E-state index contributed by atoms with van der Waals surface area (Å²) < 4.78 is 1.95. The second-order valence-corrected chi connectivity index (χ2v) is 5.27. The van der Waals surface area contributed by atoms with Crippen LogP contribution < -0.4 is 0 Å². The van der Waals surface area contributed by atoms with Gasteiger partial charge in [-0.05, 0) is 49.6 Å². The predicted octanol–water partition coefficient (Wildman–Crippen LogP) is 4.46. The van der Waals surface area contributed by atoms with Gasteiger partial charge in [0.05, 0.1) is 11.4 Å². The van der Waals surface area contributed by atoms with Gasteiger partial charge in [0.25, 0.3) is 0 Å². The van der Waals surface area contributed by atoms with Crippen LogP contribution in [-0.2, 0) is 0 Å². The number of hydrogen-bond acceptors (Lipinski definition) is 1. The second kappa shape index (κ2) is 4.97. The van der Waals surface area contributed by atoms with E-state index in [1.54, 1.807) is 0 Å². The van der Waals surface area contributed by atoms with Crippen molar-refractivity contribution in [3.8, 4) is 16.8 Å². The van der Waals surface area contributed by atoms with E-state index in [2.05, 4.69) is 61.4 Å². The van der Waals surface area contributed by atoms with E-state index in [0.29, 0.717) is 0 Å². The van der Waals surface area contributed by atoms with Gasteiger partial charge in [0.1, 0.15) is 0 Å². The van der Waals surface area contributed by atoms with E-state index in [1.165, 1.54) is 22.3 Å². The molecule has 2 heteroatoms. The van der Waals surface area contributed by atoms with Crippen molar-refractivity contribution in [1.29, 1.82) is 0 Å². The topological polar surface area (TPSA) is 17.8 Å². The van der Waals surface area contributed by atoms with Crippen molar-refractivity contribution < 1.29 is 0 Å². The monoisotopic (exact) mass is 262 g/mol. The van der Waals surface area contributed by atoms with Crippen molar-refractivity contribution >= 4 is 0 Å². The molecule has 1 aromatic heterocycles. The van der Waals surface area contributed by atoms with Gasteiger partial charge in [0.15, 0.2) is 0 Å². The lowest BCUT2D eigenvalue weighted by atomic mass is 10.0. The molecule has 0 aliphatic heterocycles. The number of aryl methyl sites for hydroxylation is 3. The van der Waals surface area contributed by atoms with E-state index in [4.69, 9.17) is 0 Å². The normalized spacial score (nSPS) is 10.8. The molecule has 3 rings (SSSR count). The Morgan fingerprint density at radius 2 is 1.50 bits per heavy atom. The third kappa shape index (κ3) is 2.37. The number of hydrogen-bond donors (Lipinski definition) is 0. The molecule has 0 bridgehead atoms. The lowest BCUT2D eigenvalue weighted by Crippen LogP contribution is -1.98. The van der Waals surface area contributed by atoms with Gasteiger partial charge in [0, 0.05) is 6.20 Å². The molecule has 0 aliphatic carbocycles. The number of benzene rings is 2. The lowest BCUT2D eigenvalue weighted by Gasteiger charge is -2.09. The number of rotatable bonds is 2. The number of nitrogens with zero attached hydrogens (tertiary/aromatic N) is 2. The molecule has 20 heavy (non-hydrogen) atoms. The zero-order chi connectivity index (χ0) is 14.1. The average molecular weight is 262 g/mol. The maximum Gasteiger partial charge on any atom is 0.0680 e. The summed E-state index contributed by atoms with van der Waals surface area (Å²) in [7, 11) is 0. The lowest BCUT2D eigenvalue weighted by molar-refractivity contribution is 0.856. The Morgan fingerprint density at radius 1 is 0.800 bits per heavy atom. The van der Waals surface area contributed by atoms with Crippen LogP contribution in [-0.4, -0.2) is 9.78 Å². The Kier molecular flexibility index (Phi) is 3.15. The first-order chi connectivity index (χ1) is 9.63. The molecule has 0 atom stereocenters. The smallest absolute Gasteiger partial charge is 0.0680 e. The van der Waals surface area contributed by atoms with Crippen molar-refractivity contribution in [2.24, 2.45) is 0 Å². The Morgan fingerprint density at radius 3 is 2.15 bits per heavy atom.